The standard InChI is InChI=1S/C22H22N4O3S2/c27-20(11-12-23-21-16-7-1-4-10-19(16)31(28,29)25-21)26-13-5-6-15(14-26)22-24-17-8-2-3-9-18(17)30-22/h1-4,7-10,15H,5-6,11-14H2,(H,23,25)/t15-/m0/s1. The third-order valence-corrected chi connectivity index (χ3v) is 8.29. The zero-order valence-corrected chi connectivity index (χ0v) is 18.5. The first-order valence-corrected chi connectivity index (χ1v) is 12.6. The van der Waals surface area contributed by atoms with E-state index in [1.165, 1.54) is 4.70 Å². The summed E-state index contributed by atoms with van der Waals surface area (Å²) in [5.41, 5.74) is 1.57. The van der Waals surface area contributed by atoms with Crippen molar-refractivity contribution < 1.29 is 13.2 Å². The van der Waals surface area contributed by atoms with Crippen LogP contribution in [0.3, 0.4) is 0 Å². The third kappa shape index (κ3) is 3.95. The number of piperidine rings is 1. The molecule has 9 heteroatoms. The molecule has 1 amide bonds. The van der Waals surface area contributed by atoms with Crippen molar-refractivity contribution in [2.45, 2.75) is 30.1 Å². The molecule has 0 saturated carbocycles. The Balaban J connectivity index is 1.23. The van der Waals surface area contributed by atoms with Gasteiger partial charge in [-0.3, -0.25) is 14.5 Å². The zero-order chi connectivity index (χ0) is 21.4. The van der Waals surface area contributed by atoms with Gasteiger partial charge >= 0.3 is 0 Å². The highest BCUT2D eigenvalue weighted by atomic mass is 32.2. The number of benzene rings is 2. The van der Waals surface area contributed by atoms with Crippen LogP contribution in [0.1, 0.15) is 35.8 Å². The Kier molecular flexibility index (Phi) is 5.23. The molecule has 1 N–H and O–H groups in total. The van der Waals surface area contributed by atoms with Gasteiger partial charge in [0.15, 0.2) is 0 Å². The van der Waals surface area contributed by atoms with Crippen molar-refractivity contribution in [3.8, 4) is 0 Å². The van der Waals surface area contributed by atoms with Crippen molar-refractivity contribution in [2.75, 3.05) is 19.6 Å². The highest BCUT2D eigenvalue weighted by Crippen LogP contribution is 2.33. The van der Waals surface area contributed by atoms with E-state index in [2.05, 4.69) is 15.8 Å². The first-order valence-electron chi connectivity index (χ1n) is 10.3. The van der Waals surface area contributed by atoms with Gasteiger partial charge in [0.05, 0.1) is 26.7 Å². The van der Waals surface area contributed by atoms with Crippen LogP contribution in [0.4, 0.5) is 0 Å². The molecule has 160 valence electrons. The molecule has 1 saturated heterocycles. The van der Waals surface area contributed by atoms with Crippen LogP contribution in [0.15, 0.2) is 58.4 Å². The van der Waals surface area contributed by atoms with Crippen molar-refractivity contribution in [3.05, 3.63) is 59.1 Å². The van der Waals surface area contributed by atoms with Crippen LogP contribution in [-0.2, 0) is 14.8 Å². The summed E-state index contributed by atoms with van der Waals surface area (Å²) in [5.74, 6) is 0.619. The van der Waals surface area contributed by atoms with Gasteiger partial charge in [-0.25, -0.2) is 13.4 Å². The Bertz CT molecular complexity index is 1250. The molecule has 1 fully saturated rings. The minimum atomic E-state index is -3.56. The molecular weight excluding hydrogens is 432 g/mol. The van der Waals surface area contributed by atoms with Crippen LogP contribution in [0.2, 0.25) is 0 Å². The number of carbonyl (C=O) groups excluding carboxylic acids is 1. The normalized spacial score (nSPS) is 21.2. The number of sulfonamides is 1. The Morgan fingerprint density at radius 3 is 2.87 bits per heavy atom. The van der Waals surface area contributed by atoms with Crippen molar-refractivity contribution >= 4 is 43.3 Å². The summed E-state index contributed by atoms with van der Waals surface area (Å²) < 4.78 is 28.0. The zero-order valence-electron chi connectivity index (χ0n) is 16.8. The molecule has 0 bridgehead atoms. The molecule has 0 spiro atoms. The Hall–Kier alpha value is -2.78. The van der Waals surface area contributed by atoms with E-state index in [4.69, 9.17) is 4.98 Å². The van der Waals surface area contributed by atoms with Crippen LogP contribution in [0.25, 0.3) is 10.2 Å². The number of amidine groups is 1. The van der Waals surface area contributed by atoms with Gasteiger partial charge < -0.3 is 4.90 Å². The van der Waals surface area contributed by atoms with Crippen molar-refractivity contribution in [1.82, 2.24) is 14.6 Å². The highest BCUT2D eigenvalue weighted by molar-refractivity contribution is 7.90. The smallest absolute Gasteiger partial charge is 0.263 e. The molecule has 0 aliphatic carbocycles. The maximum Gasteiger partial charge on any atom is 0.263 e. The Morgan fingerprint density at radius 2 is 2.00 bits per heavy atom. The summed E-state index contributed by atoms with van der Waals surface area (Å²) in [6, 6.07) is 14.9. The molecule has 1 atom stereocenters. The van der Waals surface area contributed by atoms with Gasteiger partial charge in [-0.1, -0.05) is 24.3 Å². The molecule has 1 aromatic heterocycles. The monoisotopic (exact) mass is 454 g/mol. The third-order valence-electron chi connectivity index (χ3n) is 5.69. The van der Waals surface area contributed by atoms with E-state index < -0.39 is 10.0 Å². The van der Waals surface area contributed by atoms with E-state index in [1.807, 2.05) is 23.1 Å². The van der Waals surface area contributed by atoms with Gasteiger partial charge in [-0.15, -0.1) is 11.3 Å². The summed E-state index contributed by atoms with van der Waals surface area (Å²) in [7, 11) is -3.56. The molecule has 5 rings (SSSR count). The van der Waals surface area contributed by atoms with Gasteiger partial charge in [0.2, 0.25) is 5.91 Å². The van der Waals surface area contributed by atoms with E-state index in [1.54, 1.807) is 35.6 Å². The van der Waals surface area contributed by atoms with Gasteiger partial charge in [-0.05, 0) is 37.1 Å². The van der Waals surface area contributed by atoms with E-state index in [0.717, 1.165) is 29.9 Å². The molecular formula is C22H22N4O3S2. The number of aliphatic imine (C=N–C) groups is 1. The lowest BCUT2D eigenvalue weighted by Gasteiger charge is -2.31. The lowest BCUT2D eigenvalue weighted by atomic mass is 9.98. The topological polar surface area (TPSA) is 91.7 Å². The number of nitrogens with zero attached hydrogens (tertiary/aromatic N) is 3. The summed E-state index contributed by atoms with van der Waals surface area (Å²) in [6.07, 6.45) is 2.23. The summed E-state index contributed by atoms with van der Waals surface area (Å²) in [5, 5.41) is 1.09. The first-order chi connectivity index (χ1) is 15.0. The number of rotatable bonds is 4. The molecule has 2 aromatic carbocycles. The van der Waals surface area contributed by atoms with E-state index in [-0.39, 0.29) is 29.7 Å². The maximum atomic E-state index is 12.8. The second-order valence-electron chi connectivity index (χ2n) is 7.78. The average Bonchev–Trinajstić information content (AvgIpc) is 3.33. The lowest BCUT2D eigenvalue weighted by molar-refractivity contribution is -0.132. The predicted octanol–water partition coefficient (Wildman–Crippen LogP) is 3.13. The molecule has 0 unspecified atom stereocenters. The van der Waals surface area contributed by atoms with Crippen LogP contribution in [-0.4, -0.2) is 49.7 Å². The number of thiazole rings is 1. The number of amides is 1. The Morgan fingerprint density at radius 1 is 1.19 bits per heavy atom. The largest absolute Gasteiger partial charge is 0.342 e. The second kappa shape index (κ2) is 8.05. The van der Waals surface area contributed by atoms with E-state index in [0.29, 0.717) is 17.9 Å². The molecule has 7 nitrogen and oxygen atoms in total. The van der Waals surface area contributed by atoms with Gasteiger partial charge in [0.25, 0.3) is 10.0 Å². The van der Waals surface area contributed by atoms with Crippen molar-refractivity contribution in [3.63, 3.8) is 0 Å². The number of hydrogen-bond acceptors (Lipinski definition) is 6. The number of likely N-dealkylation sites (tertiary alicyclic amines) is 1. The number of nitrogens with one attached hydrogen (secondary N) is 1. The van der Waals surface area contributed by atoms with Crippen molar-refractivity contribution in [2.24, 2.45) is 4.99 Å². The number of hydrogen-bond donors (Lipinski definition) is 1. The van der Waals surface area contributed by atoms with Crippen molar-refractivity contribution in [1.29, 1.82) is 0 Å². The van der Waals surface area contributed by atoms with E-state index in [9.17, 15) is 13.2 Å². The van der Waals surface area contributed by atoms with Gasteiger partial charge in [0.1, 0.15) is 5.84 Å². The number of fused-ring (bicyclic) bond motifs is 2. The molecule has 2 aliphatic heterocycles. The van der Waals surface area contributed by atoms with E-state index >= 15 is 0 Å². The predicted molar refractivity (Wildman–Crippen MR) is 121 cm³/mol. The first kappa shape index (κ1) is 20.1. The van der Waals surface area contributed by atoms with Crippen LogP contribution in [0.5, 0.6) is 0 Å². The number of para-hydroxylation sites is 1. The van der Waals surface area contributed by atoms with Gasteiger partial charge in [-0.2, -0.15) is 0 Å². The van der Waals surface area contributed by atoms with Crippen LogP contribution < -0.4 is 4.72 Å². The highest BCUT2D eigenvalue weighted by Gasteiger charge is 2.30. The fourth-order valence-electron chi connectivity index (χ4n) is 4.14. The average molecular weight is 455 g/mol. The molecule has 31 heavy (non-hydrogen) atoms. The fraction of sp³-hybridized carbons (Fsp3) is 0.318. The summed E-state index contributed by atoms with van der Waals surface area (Å²) >= 11 is 1.71. The summed E-state index contributed by atoms with van der Waals surface area (Å²) in [6.45, 7) is 1.66. The molecule has 2 aliphatic rings. The number of aromatic nitrogens is 1. The van der Waals surface area contributed by atoms with Crippen LogP contribution >= 0.6 is 11.3 Å². The number of carbonyl (C=O) groups is 1. The lowest BCUT2D eigenvalue weighted by Crippen LogP contribution is -2.39. The van der Waals surface area contributed by atoms with Crippen LogP contribution in [0, 0.1) is 0 Å². The molecule has 3 aromatic rings. The fourth-order valence-corrected chi connectivity index (χ4v) is 6.49. The van der Waals surface area contributed by atoms with Gasteiger partial charge in [0, 0.05) is 31.0 Å². The summed E-state index contributed by atoms with van der Waals surface area (Å²) in [4.78, 5) is 24.1. The maximum absolute atomic E-state index is 12.8. The quantitative estimate of drug-likeness (QED) is 0.656. The molecule has 3 heterocycles. The minimum Gasteiger partial charge on any atom is -0.342 e. The SMILES string of the molecule is O=C(CCN=C1NS(=O)(=O)c2ccccc21)N1CCC[C@H](c2nc3ccccc3s2)C1. The second-order valence-corrected chi connectivity index (χ2v) is 10.5. The molecule has 0 radical (unpaired) electrons. The Labute approximate surface area is 184 Å². The minimum absolute atomic E-state index is 0.0456.